The fourth-order valence-electron chi connectivity index (χ4n) is 7.32. The van der Waals surface area contributed by atoms with Crippen LogP contribution < -0.4 is 9.64 Å². The van der Waals surface area contributed by atoms with Gasteiger partial charge >= 0.3 is 5.97 Å². The lowest BCUT2D eigenvalue weighted by Gasteiger charge is -2.29. The Morgan fingerprint density at radius 3 is 2.60 bits per heavy atom. The highest BCUT2D eigenvalue weighted by Crippen LogP contribution is 2.45. The number of carboxylic acids is 1. The molecule has 6 rings (SSSR count). The predicted octanol–water partition coefficient (Wildman–Crippen LogP) is 5.81. The van der Waals surface area contributed by atoms with Crippen LogP contribution in [0, 0.1) is 19.7 Å². The van der Waals surface area contributed by atoms with Crippen LogP contribution in [0.3, 0.4) is 0 Å². The summed E-state index contributed by atoms with van der Waals surface area (Å²) in [5.41, 5.74) is 4.99. The second kappa shape index (κ2) is 14.7. The summed E-state index contributed by atoms with van der Waals surface area (Å²) in [6.45, 7) is 11.5. The number of methoxy groups -OCH3 is 1. The number of sulfonamides is 1. The number of pyridine rings is 2. The van der Waals surface area contributed by atoms with E-state index in [9.17, 15) is 18.3 Å². The zero-order valence-corrected chi connectivity index (χ0v) is 31.8. The highest BCUT2D eigenvalue weighted by Gasteiger charge is 2.35. The van der Waals surface area contributed by atoms with Gasteiger partial charge in [0.05, 0.1) is 30.3 Å². The van der Waals surface area contributed by atoms with Crippen molar-refractivity contribution in [2.75, 3.05) is 57.2 Å². The molecule has 0 amide bonds. The molecule has 4 aromatic rings. The first kappa shape index (κ1) is 37.6. The monoisotopic (exact) mass is 737 g/mol. The number of aromatic nitrogens is 3. The van der Waals surface area contributed by atoms with Gasteiger partial charge in [-0.25, -0.2) is 31.9 Å². The number of rotatable bonds is 10. The number of aryl methyl sites for hydroxylation is 2. The van der Waals surface area contributed by atoms with Crippen molar-refractivity contribution in [3.8, 4) is 28.1 Å². The van der Waals surface area contributed by atoms with Gasteiger partial charge in [-0.05, 0) is 89.3 Å². The van der Waals surface area contributed by atoms with Crippen molar-refractivity contribution in [1.29, 1.82) is 0 Å². The molecule has 2 aliphatic rings. The number of anilines is 1. The number of hydrogen-bond donors (Lipinski definition) is 1. The van der Waals surface area contributed by atoms with Crippen LogP contribution in [0.1, 0.15) is 62.1 Å². The van der Waals surface area contributed by atoms with Gasteiger partial charge < -0.3 is 28.8 Å². The average Bonchev–Trinajstić information content (AvgIpc) is 3.25. The van der Waals surface area contributed by atoms with E-state index in [4.69, 9.17) is 19.2 Å². The van der Waals surface area contributed by atoms with Crippen LogP contribution in [0.5, 0.6) is 5.75 Å². The molecule has 1 atom stereocenters. The number of halogens is 1. The van der Waals surface area contributed by atoms with Gasteiger partial charge in [0, 0.05) is 79.9 Å². The third-order valence-electron chi connectivity index (χ3n) is 9.83. The normalized spacial score (nSPS) is 16.4. The average molecular weight is 738 g/mol. The first-order valence-electron chi connectivity index (χ1n) is 17.6. The molecule has 12 nitrogen and oxygen atoms in total. The lowest BCUT2D eigenvalue weighted by molar-refractivity contribution is -0.160. The molecule has 2 aliphatic heterocycles. The topological polar surface area (TPSA) is 136 Å². The second-order valence-corrected chi connectivity index (χ2v) is 16.6. The Bertz CT molecular complexity index is 2110. The number of benzene rings is 1. The maximum atomic E-state index is 15.9. The molecule has 0 aliphatic carbocycles. The van der Waals surface area contributed by atoms with E-state index in [1.807, 2.05) is 36.7 Å². The summed E-state index contributed by atoms with van der Waals surface area (Å²) in [5, 5.41) is 11.2. The molecule has 5 heterocycles. The summed E-state index contributed by atoms with van der Waals surface area (Å²) in [4.78, 5) is 24.7. The molecular weight excluding hydrogens is 690 g/mol. The van der Waals surface area contributed by atoms with E-state index in [1.165, 1.54) is 17.5 Å². The van der Waals surface area contributed by atoms with E-state index >= 15 is 4.39 Å². The standard InChI is InChI=1S/C38H48FN5O7S/c1-23-26-10-8-17-50-34(26)29(39)21-27(23)33-28-22-30(42(6)36(28)41-24(2)32(33)35(37(45)46)51-38(3,4)5)25-11-12-40-31(20-25)43-13-9-14-44(16-15-43)52(47,48)19-18-49-7/h11-12,20-22,35H,8-10,13-19H2,1-7H3,(H,45,46)/t35-/m0/s1. The molecule has 0 saturated carbocycles. The van der Waals surface area contributed by atoms with Crippen LogP contribution in [0.15, 0.2) is 30.5 Å². The quantitative estimate of drug-likeness (QED) is 0.212. The largest absolute Gasteiger partial charge is 0.490 e. The minimum atomic E-state index is -3.44. The number of aliphatic carboxylic acids is 1. The summed E-state index contributed by atoms with van der Waals surface area (Å²) in [5.74, 6) is -0.765. The van der Waals surface area contributed by atoms with Gasteiger partial charge in [0.1, 0.15) is 11.5 Å². The molecular formula is C38H48FN5O7S. The Kier molecular flexibility index (Phi) is 10.7. The van der Waals surface area contributed by atoms with E-state index < -0.39 is 33.5 Å². The number of ether oxygens (including phenoxy) is 3. The molecule has 1 saturated heterocycles. The van der Waals surface area contributed by atoms with Crippen LogP contribution in [0.25, 0.3) is 33.4 Å². The fraction of sp³-hybridized carbons (Fsp3) is 0.500. The number of nitrogens with zero attached hydrogens (tertiary/aromatic N) is 5. The van der Waals surface area contributed by atoms with Crippen molar-refractivity contribution in [2.45, 2.75) is 65.6 Å². The molecule has 0 radical (unpaired) electrons. The number of fused-ring (bicyclic) bond motifs is 2. The molecule has 280 valence electrons. The minimum absolute atomic E-state index is 0.0591. The highest BCUT2D eigenvalue weighted by atomic mass is 32.2. The Hall–Kier alpha value is -4.11. The van der Waals surface area contributed by atoms with E-state index in [0.29, 0.717) is 84.9 Å². The third kappa shape index (κ3) is 7.39. The number of carboxylic acid groups (broad SMARTS) is 1. The van der Waals surface area contributed by atoms with Gasteiger partial charge in [-0.2, -0.15) is 0 Å². The molecule has 0 spiro atoms. The lowest BCUT2D eigenvalue weighted by atomic mass is 9.86. The summed E-state index contributed by atoms with van der Waals surface area (Å²) in [7, 11) is -0.0490. The zero-order chi connectivity index (χ0) is 37.5. The van der Waals surface area contributed by atoms with Gasteiger partial charge in [0.15, 0.2) is 17.7 Å². The number of carbonyl (C=O) groups is 1. The lowest BCUT2D eigenvalue weighted by Crippen LogP contribution is -2.37. The smallest absolute Gasteiger partial charge is 0.337 e. The zero-order valence-electron chi connectivity index (χ0n) is 31.0. The Morgan fingerprint density at radius 1 is 1.12 bits per heavy atom. The maximum absolute atomic E-state index is 15.9. The van der Waals surface area contributed by atoms with Crippen LogP contribution in [0.2, 0.25) is 0 Å². The van der Waals surface area contributed by atoms with Crippen LogP contribution in [0.4, 0.5) is 10.2 Å². The van der Waals surface area contributed by atoms with Gasteiger partial charge in [0.2, 0.25) is 10.0 Å². The third-order valence-corrected chi connectivity index (χ3v) is 11.7. The van der Waals surface area contributed by atoms with Gasteiger partial charge in [-0.15, -0.1) is 0 Å². The van der Waals surface area contributed by atoms with E-state index in [1.54, 1.807) is 33.9 Å². The second-order valence-electron chi connectivity index (χ2n) is 14.5. The van der Waals surface area contributed by atoms with Crippen LogP contribution >= 0.6 is 0 Å². The van der Waals surface area contributed by atoms with Gasteiger partial charge in [-0.3, -0.25) is 0 Å². The van der Waals surface area contributed by atoms with Crippen LogP contribution in [-0.4, -0.2) is 96.2 Å². The van der Waals surface area contributed by atoms with Crippen molar-refractivity contribution in [3.05, 3.63) is 58.7 Å². The van der Waals surface area contributed by atoms with E-state index in [-0.39, 0.29) is 18.1 Å². The van der Waals surface area contributed by atoms with Gasteiger partial charge in [-0.1, -0.05) is 0 Å². The summed E-state index contributed by atoms with van der Waals surface area (Å²) >= 11 is 0. The number of hydrogen-bond acceptors (Lipinski definition) is 9. The molecule has 14 heteroatoms. The Labute approximate surface area is 304 Å². The first-order valence-corrected chi connectivity index (χ1v) is 19.3. The summed E-state index contributed by atoms with van der Waals surface area (Å²) < 4.78 is 62.0. The van der Waals surface area contributed by atoms with Crippen molar-refractivity contribution >= 4 is 32.8 Å². The minimum Gasteiger partial charge on any atom is -0.490 e. The van der Waals surface area contributed by atoms with E-state index in [2.05, 4.69) is 9.88 Å². The van der Waals surface area contributed by atoms with Crippen molar-refractivity contribution < 1.29 is 36.9 Å². The highest BCUT2D eigenvalue weighted by molar-refractivity contribution is 7.89. The molecule has 0 unspecified atom stereocenters. The maximum Gasteiger partial charge on any atom is 0.337 e. The first-order chi connectivity index (χ1) is 24.6. The molecule has 1 N–H and O–H groups in total. The van der Waals surface area contributed by atoms with Gasteiger partial charge in [0.25, 0.3) is 0 Å². The summed E-state index contributed by atoms with van der Waals surface area (Å²) in [6.07, 6.45) is 2.38. The predicted molar refractivity (Wildman–Crippen MR) is 198 cm³/mol. The van der Waals surface area contributed by atoms with Crippen molar-refractivity contribution in [2.24, 2.45) is 7.05 Å². The SMILES string of the molecule is COCCS(=O)(=O)N1CCCN(c2cc(-c3cc4c(-c5cc(F)c6c(c5C)CCCO6)c([C@H](OC(C)(C)C)C(=O)O)c(C)nc4n3C)ccn2)CC1. The molecule has 1 aromatic carbocycles. The van der Waals surface area contributed by atoms with Crippen LogP contribution in [-0.2, 0) is 37.8 Å². The Balaban J connectivity index is 1.49. The fourth-order valence-corrected chi connectivity index (χ4v) is 8.72. The Morgan fingerprint density at radius 2 is 1.88 bits per heavy atom. The molecule has 0 bridgehead atoms. The molecule has 3 aromatic heterocycles. The van der Waals surface area contributed by atoms with E-state index in [0.717, 1.165) is 28.8 Å². The van der Waals surface area contributed by atoms with Crippen molar-refractivity contribution in [1.82, 2.24) is 18.8 Å². The molecule has 52 heavy (non-hydrogen) atoms. The van der Waals surface area contributed by atoms with Crippen molar-refractivity contribution in [3.63, 3.8) is 0 Å². The molecule has 1 fully saturated rings. The summed E-state index contributed by atoms with van der Waals surface area (Å²) in [6, 6.07) is 7.28.